The van der Waals surface area contributed by atoms with Crippen molar-refractivity contribution >= 4 is 5.91 Å². The standard InChI is InChI=1S/C11H21NO2/c1-5-9-6-7-12(8-9)10(13)11(2,3)14-4/h9H,5-8H2,1-4H3. The van der Waals surface area contributed by atoms with E-state index in [4.69, 9.17) is 4.74 Å². The number of hydrogen-bond donors (Lipinski definition) is 0. The average Bonchev–Trinajstić information content (AvgIpc) is 2.64. The topological polar surface area (TPSA) is 29.5 Å². The zero-order valence-electron chi connectivity index (χ0n) is 9.67. The Bertz CT molecular complexity index is 213. The highest BCUT2D eigenvalue weighted by Crippen LogP contribution is 2.22. The fourth-order valence-electron chi connectivity index (χ4n) is 1.82. The van der Waals surface area contributed by atoms with Crippen molar-refractivity contribution in [2.45, 2.75) is 39.2 Å². The lowest BCUT2D eigenvalue weighted by Crippen LogP contribution is -2.45. The van der Waals surface area contributed by atoms with Crippen LogP contribution in [0.25, 0.3) is 0 Å². The first kappa shape index (κ1) is 11.5. The Morgan fingerprint density at radius 3 is 2.64 bits per heavy atom. The molecule has 1 unspecified atom stereocenters. The number of hydrogen-bond acceptors (Lipinski definition) is 2. The molecule has 1 amide bonds. The number of carbonyl (C=O) groups is 1. The van der Waals surface area contributed by atoms with Gasteiger partial charge in [0, 0.05) is 20.2 Å². The summed E-state index contributed by atoms with van der Waals surface area (Å²) < 4.78 is 5.19. The second-order valence-corrected chi connectivity index (χ2v) is 4.53. The zero-order valence-corrected chi connectivity index (χ0v) is 9.67. The first-order valence-electron chi connectivity index (χ1n) is 5.35. The molecule has 0 N–H and O–H groups in total. The molecule has 0 bridgehead atoms. The molecule has 1 atom stereocenters. The van der Waals surface area contributed by atoms with Crippen LogP contribution in [-0.4, -0.2) is 36.6 Å². The van der Waals surface area contributed by atoms with Crippen LogP contribution in [0.2, 0.25) is 0 Å². The van der Waals surface area contributed by atoms with Crippen LogP contribution in [0.3, 0.4) is 0 Å². The number of carbonyl (C=O) groups excluding carboxylic acids is 1. The molecular weight excluding hydrogens is 178 g/mol. The summed E-state index contributed by atoms with van der Waals surface area (Å²) >= 11 is 0. The monoisotopic (exact) mass is 199 g/mol. The van der Waals surface area contributed by atoms with E-state index in [1.807, 2.05) is 18.7 Å². The van der Waals surface area contributed by atoms with Gasteiger partial charge >= 0.3 is 0 Å². The molecule has 0 aromatic rings. The Balaban J connectivity index is 2.55. The van der Waals surface area contributed by atoms with Crippen molar-refractivity contribution in [3.63, 3.8) is 0 Å². The first-order chi connectivity index (χ1) is 6.51. The zero-order chi connectivity index (χ0) is 10.8. The highest BCUT2D eigenvalue weighted by atomic mass is 16.5. The molecule has 82 valence electrons. The van der Waals surface area contributed by atoms with Crippen LogP contribution in [0.15, 0.2) is 0 Å². The van der Waals surface area contributed by atoms with Gasteiger partial charge in [0.1, 0.15) is 5.60 Å². The van der Waals surface area contributed by atoms with Crippen LogP contribution >= 0.6 is 0 Å². The SMILES string of the molecule is CCC1CCN(C(=O)C(C)(C)OC)C1. The van der Waals surface area contributed by atoms with Crippen LogP contribution in [0.5, 0.6) is 0 Å². The summed E-state index contributed by atoms with van der Waals surface area (Å²) in [7, 11) is 1.59. The van der Waals surface area contributed by atoms with Gasteiger partial charge in [-0.2, -0.15) is 0 Å². The highest BCUT2D eigenvalue weighted by Gasteiger charge is 2.35. The normalized spacial score (nSPS) is 22.9. The van der Waals surface area contributed by atoms with Crippen LogP contribution < -0.4 is 0 Å². The van der Waals surface area contributed by atoms with Crippen molar-refractivity contribution < 1.29 is 9.53 Å². The minimum atomic E-state index is -0.664. The van der Waals surface area contributed by atoms with Gasteiger partial charge in [-0.15, -0.1) is 0 Å². The molecule has 0 saturated carbocycles. The lowest BCUT2D eigenvalue weighted by Gasteiger charge is -2.27. The minimum absolute atomic E-state index is 0.121. The average molecular weight is 199 g/mol. The fourth-order valence-corrected chi connectivity index (χ4v) is 1.82. The molecule has 1 aliphatic heterocycles. The summed E-state index contributed by atoms with van der Waals surface area (Å²) in [4.78, 5) is 13.9. The van der Waals surface area contributed by atoms with E-state index in [0.29, 0.717) is 5.92 Å². The second kappa shape index (κ2) is 4.30. The number of rotatable bonds is 3. The van der Waals surface area contributed by atoms with Crippen molar-refractivity contribution in [2.24, 2.45) is 5.92 Å². The van der Waals surface area contributed by atoms with Crippen molar-refractivity contribution in [1.82, 2.24) is 4.90 Å². The molecule has 0 spiro atoms. The predicted molar refractivity (Wildman–Crippen MR) is 56.1 cm³/mol. The van der Waals surface area contributed by atoms with Crippen LogP contribution in [0, 0.1) is 5.92 Å². The van der Waals surface area contributed by atoms with E-state index in [9.17, 15) is 4.79 Å². The molecule has 1 rings (SSSR count). The molecule has 1 heterocycles. The molecule has 1 aliphatic rings. The molecule has 1 saturated heterocycles. The number of nitrogens with zero attached hydrogens (tertiary/aromatic N) is 1. The molecule has 0 aromatic heterocycles. The summed E-state index contributed by atoms with van der Waals surface area (Å²) in [6.45, 7) is 7.63. The van der Waals surface area contributed by atoms with E-state index in [0.717, 1.165) is 25.9 Å². The third-order valence-electron chi connectivity index (χ3n) is 3.18. The third-order valence-corrected chi connectivity index (χ3v) is 3.18. The maximum absolute atomic E-state index is 12.0. The van der Waals surface area contributed by atoms with Gasteiger partial charge in [0.15, 0.2) is 0 Å². The molecular formula is C11H21NO2. The van der Waals surface area contributed by atoms with Crippen LogP contribution in [0.1, 0.15) is 33.6 Å². The Labute approximate surface area is 86.4 Å². The van der Waals surface area contributed by atoms with Gasteiger partial charge in [-0.25, -0.2) is 0 Å². The van der Waals surface area contributed by atoms with E-state index >= 15 is 0 Å². The molecule has 0 aliphatic carbocycles. The third kappa shape index (κ3) is 2.27. The maximum atomic E-state index is 12.0. The Morgan fingerprint density at radius 2 is 2.21 bits per heavy atom. The molecule has 0 radical (unpaired) electrons. The largest absolute Gasteiger partial charge is 0.369 e. The molecule has 1 fully saturated rings. The van der Waals surface area contributed by atoms with Crippen molar-refractivity contribution in [3.05, 3.63) is 0 Å². The summed E-state index contributed by atoms with van der Waals surface area (Å²) in [5.74, 6) is 0.808. The second-order valence-electron chi connectivity index (χ2n) is 4.53. The van der Waals surface area contributed by atoms with Crippen molar-refractivity contribution in [3.8, 4) is 0 Å². The Kier molecular flexibility index (Phi) is 3.53. The summed E-state index contributed by atoms with van der Waals surface area (Å²) in [6.07, 6.45) is 2.30. The summed E-state index contributed by atoms with van der Waals surface area (Å²) in [5.41, 5.74) is -0.664. The van der Waals surface area contributed by atoms with Gasteiger partial charge in [0.2, 0.25) is 0 Å². The van der Waals surface area contributed by atoms with E-state index in [2.05, 4.69) is 6.92 Å². The maximum Gasteiger partial charge on any atom is 0.254 e. The lowest BCUT2D eigenvalue weighted by atomic mass is 10.1. The Hall–Kier alpha value is -0.570. The predicted octanol–water partition coefficient (Wildman–Crippen LogP) is 1.67. The molecule has 3 heteroatoms. The Morgan fingerprint density at radius 1 is 1.57 bits per heavy atom. The van der Waals surface area contributed by atoms with Crippen LogP contribution in [0.4, 0.5) is 0 Å². The summed E-state index contributed by atoms with van der Waals surface area (Å²) in [6, 6.07) is 0. The quantitative estimate of drug-likeness (QED) is 0.692. The van der Waals surface area contributed by atoms with Gasteiger partial charge < -0.3 is 9.64 Å². The van der Waals surface area contributed by atoms with Crippen molar-refractivity contribution in [2.75, 3.05) is 20.2 Å². The molecule has 14 heavy (non-hydrogen) atoms. The molecule has 0 aromatic carbocycles. The number of ether oxygens (including phenoxy) is 1. The lowest BCUT2D eigenvalue weighted by molar-refractivity contribution is -0.150. The van der Waals surface area contributed by atoms with E-state index < -0.39 is 5.60 Å². The highest BCUT2D eigenvalue weighted by molar-refractivity contribution is 5.84. The molecule has 3 nitrogen and oxygen atoms in total. The number of methoxy groups -OCH3 is 1. The van der Waals surface area contributed by atoms with Gasteiger partial charge in [-0.05, 0) is 26.2 Å². The smallest absolute Gasteiger partial charge is 0.254 e. The number of likely N-dealkylation sites (tertiary alicyclic amines) is 1. The minimum Gasteiger partial charge on any atom is -0.369 e. The van der Waals surface area contributed by atoms with E-state index in [1.165, 1.54) is 0 Å². The van der Waals surface area contributed by atoms with E-state index in [1.54, 1.807) is 7.11 Å². The van der Waals surface area contributed by atoms with Crippen molar-refractivity contribution in [1.29, 1.82) is 0 Å². The van der Waals surface area contributed by atoms with Gasteiger partial charge in [0.25, 0.3) is 5.91 Å². The van der Waals surface area contributed by atoms with Gasteiger partial charge in [-0.3, -0.25) is 4.79 Å². The number of amides is 1. The van der Waals surface area contributed by atoms with E-state index in [-0.39, 0.29) is 5.91 Å². The van der Waals surface area contributed by atoms with Gasteiger partial charge in [0.05, 0.1) is 0 Å². The first-order valence-corrected chi connectivity index (χ1v) is 5.35. The van der Waals surface area contributed by atoms with Crippen LogP contribution in [-0.2, 0) is 9.53 Å². The summed E-state index contributed by atoms with van der Waals surface area (Å²) in [5, 5.41) is 0. The fraction of sp³-hybridized carbons (Fsp3) is 0.909. The van der Waals surface area contributed by atoms with Gasteiger partial charge in [-0.1, -0.05) is 13.3 Å².